The molecule has 2 bridgehead atoms. The van der Waals surface area contributed by atoms with Crippen molar-refractivity contribution in [2.24, 2.45) is 18.9 Å². The van der Waals surface area contributed by atoms with Crippen molar-refractivity contribution >= 4 is 0 Å². The fraction of sp³-hybridized carbons (Fsp3) is 0.370. The number of pyridine rings is 1. The summed E-state index contributed by atoms with van der Waals surface area (Å²) in [7, 11) is 2.20. The molecule has 1 nitrogen and oxygen atoms in total. The number of aromatic nitrogens is 1. The third-order valence-corrected chi connectivity index (χ3v) is 7.26. The number of rotatable bonds is 3. The summed E-state index contributed by atoms with van der Waals surface area (Å²) in [6.45, 7) is 2.22. The lowest BCUT2D eigenvalue weighted by Crippen LogP contribution is -2.34. The first-order valence-electron chi connectivity index (χ1n) is 10.9. The molecule has 1 atom stereocenters. The number of hydrogen-bond acceptors (Lipinski definition) is 0. The molecule has 0 N–H and O–H groups in total. The van der Waals surface area contributed by atoms with E-state index in [9.17, 15) is 0 Å². The number of nitrogens with zero attached hydrogens (tertiary/aromatic N) is 1. The molecule has 0 aliphatic heterocycles. The van der Waals surface area contributed by atoms with Gasteiger partial charge in [0.1, 0.15) is 7.05 Å². The van der Waals surface area contributed by atoms with Crippen LogP contribution in [0.1, 0.15) is 49.1 Å². The molecule has 3 aliphatic rings. The van der Waals surface area contributed by atoms with Crippen LogP contribution < -0.4 is 4.57 Å². The highest BCUT2D eigenvalue weighted by atomic mass is 14.9. The molecule has 1 heteroatoms. The Labute approximate surface area is 169 Å². The van der Waals surface area contributed by atoms with Crippen molar-refractivity contribution in [2.75, 3.05) is 0 Å². The summed E-state index contributed by atoms with van der Waals surface area (Å²) in [5.74, 6) is 2.52. The van der Waals surface area contributed by atoms with Gasteiger partial charge in [0.2, 0.25) is 5.69 Å². The van der Waals surface area contributed by atoms with E-state index >= 15 is 0 Å². The Kier molecular flexibility index (Phi) is 4.55. The second-order valence-corrected chi connectivity index (χ2v) is 8.94. The second kappa shape index (κ2) is 7.20. The molecular formula is C27H30N+. The number of benzene rings is 2. The van der Waals surface area contributed by atoms with Crippen molar-refractivity contribution in [3.05, 3.63) is 78.0 Å². The molecule has 3 fully saturated rings. The van der Waals surface area contributed by atoms with Crippen LogP contribution >= 0.6 is 0 Å². The van der Waals surface area contributed by atoms with Crippen LogP contribution in [-0.2, 0) is 7.05 Å². The number of fused-ring (bicyclic) bond motifs is 3. The monoisotopic (exact) mass is 368 g/mol. The van der Waals surface area contributed by atoms with E-state index in [2.05, 4.69) is 85.4 Å². The van der Waals surface area contributed by atoms with Gasteiger partial charge in [-0.1, -0.05) is 61.4 Å². The van der Waals surface area contributed by atoms with Crippen LogP contribution in [-0.4, -0.2) is 0 Å². The van der Waals surface area contributed by atoms with E-state index in [1.807, 2.05) is 0 Å². The van der Waals surface area contributed by atoms with E-state index in [0.717, 1.165) is 11.8 Å². The molecule has 0 radical (unpaired) electrons. The van der Waals surface area contributed by atoms with Gasteiger partial charge >= 0.3 is 0 Å². The van der Waals surface area contributed by atoms with Crippen molar-refractivity contribution in [3.63, 3.8) is 0 Å². The van der Waals surface area contributed by atoms with Gasteiger partial charge in [0, 0.05) is 17.2 Å². The lowest BCUT2D eigenvalue weighted by molar-refractivity contribution is -0.660. The maximum absolute atomic E-state index is 2.52. The Hall–Kier alpha value is -2.41. The van der Waals surface area contributed by atoms with Crippen molar-refractivity contribution in [3.8, 4) is 22.4 Å². The fourth-order valence-corrected chi connectivity index (χ4v) is 5.72. The smallest absolute Gasteiger partial charge is 0.200 e. The van der Waals surface area contributed by atoms with Gasteiger partial charge in [-0.05, 0) is 66.7 Å². The average molecular weight is 369 g/mol. The first-order chi connectivity index (χ1) is 13.7. The molecule has 0 saturated heterocycles. The minimum atomic E-state index is 0.715. The normalized spacial score (nSPS) is 23.7. The Balaban J connectivity index is 1.70. The van der Waals surface area contributed by atoms with Crippen LogP contribution in [0.4, 0.5) is 0 Å². The third kappa shape index (κ3) is 3.07. The van der Waals surface area contributed by atoms with Gasteiger partial charge in [-0.25, -0.2) is 4.57 Å². The highest BCUT2D eigenvalue weighted by Gasteiger charge is 2.38. The third-order valence-electron chi connectivity index (χ3n) is 7.26. The lowest BCUT2D eigenvalue weighted by Gasteiger charge is -2.43. The maximum Gasteiger partial charge on any atom is 0.212 e. The Morgan fingerprint density at radius 3 is 2.21 bits per heavy atom. The van der Waals surface area contributed by atoms with E-state index in [4.69, 9.17) is 0 Å². The first-order valence-corrected chi connectivity index (χ1v) is 10.9. The number of hydrogen-bond donors (Lipinski definition) is 0. The van der Waals surface area contributed by atoms with Crippen LogP contribution in [0.3, 0.4) is 0 Å². The van der Waals surface area contributed by atoms with Gasteiger partial charge in [-0.15, -0.1) is 0 Å². The molecule has 28 heavy (non-hydrogen) atoms. The van der Waals surface area contributed by atoms with Gasteiger partial charge in [0.25, 0.3) is 0 Å². The average Bonchev–Trinajstić information content (AvgIpc) is 2.75. The molecule has 0 spiro atoms. The molecule has 3 saturated carbocycles. The van der Waals surface area contributed by atoms with Gasteiger partial charge < -0.3 is 0 Å². The zero-order valence-corrected chi connectivity index (χ0v) is 17.1. The molecular weight excluding hydrogens is 338 g/mol. The zero-order chi connectivity index (χ0) is 19.1. The van der Waals surface area contributed by atoms with Crippen molar-refractivity contribution in [2.45, 2.75) is 44.9 Å². The van der Waals surface area contributed by atoms with Crippen LogP contribution in [0.15, 0.2) is 66.9 Å². The Morgan fingerprint density at radius 2 is 1.54 bits per heavy atom. The molecule has 2 aromatic carbocycles. The summed E-state index contributed by atoms with van der Waals surface area (Å²) in [4.78, 5) is 0. The van der Waals surface area contributed by atoms with E-state index in [1.54, 1.807) is 5.56 Å². The first kappa shape index (κ1) is 17.7. The van der Waals surface area contributed by atoms with Gasteiger partial charge in [-0.3, -0.25) is 0 Å². The highest BCUT2D eigenvalue weighted by molar-refractivity contribution is 5.70. The minimum absolute atomic E-state index is 0.715. The lowest BCUT2D eigenvalue weighted by atomic mass is 9.62. The van der Waals surface area contributed by atoms with E-state index < -0.39 is 0 Å². The van der Waals surface area contributed by atoms with Crippen molar-refractivity contribution < 1.29 is 4.57 Å². The van der Waals surface area contributed by atoms with Crippen molar-refractivity contribution in [1.29, 1.82) is 0 Å². The molecule has 3 aliphatic carbocycles. The molecule has 1 aromatic heterocycles. The van der Waals surface area contributed by atoms with Gasteiger partial charge in [0.15, 0.2) is 6.20 Å². The SMILES string of the molecule is Cc1ccccc1-c1cc(C2CC3CCC2CC3)c(-c2ccccc2)c[n+]1C. The van der Waals surface area contributed by atoms with Crippen LogP contribution in [0.2, 0.25) is 0 Å². The maximum atomic E-state index is 2.52. The van der Waals surface area contributed by atoms with E-state index in [0.29, 0.717) is 5.92 Å². The molecule has 142 valence electrons. The van der Waals surface area contributed by atoms with Crippen molar-refractivity contribution in [1.82, 2.24) is 0 Å². The highest BCUT2D eigenvalue weighted by Crippen LogP contribution is 2.51. The van der Waals surface area contributed by atoms with Crippen LogP contribution in [0.25, 0.3) is 22.4 Å². The summed E-state index contributed by atoms with van der Waals surface area (Å²) < 4.78 is 2.33. The minimum Gasteiger partial charge on any atom is -0.200 e. The predicted molar refractivity (Wildman–Crippen MR) is 116 cm³/mol. The molecule has 3 aromatic rings. The van der Waals surface area contributed by atoms with Gasteiger partial charge in [-0.2, -0.15) is 0 Å². The molecule has 1 unspecified atom stereocenters. The number of aryl methyl sites for hydroxylation is 2. The van der Waals surface area contributed by atoms with E-state index in [1.165, 1.54) is 60.1 Å². The summed E-state index contributed by atoms with van der Waals surface area (Å²) in [5.41, 5.74) is 8.41. The molecule has 1 heterocycles. The van der Waals surface area contributed by atoms with E-state index in [-0.39, 0.29) is 0 Å². The summed E-state index contributed by atoms with van der Waals surface area (Å²) >= 11 is 0. The largest absolute Gasteiger partial charge is 0.212 e. The topological polar surface area (TPSA) is 3.88 Å². The summed E-state index contributed by atoms with van der Waals surface area (Å²) in [5, 5.41) is 0. The quantitative estimate of drug-likeness (QED) is 0.468. The summed E-state index contributed by atoms with van der Waals surface area (Å²) in [6, 6.07) is 22.3. The zero-order valence-electron chi connectivity index (χ0n) is 17.1. The van der Waals surface area contributed by atoms with Crippen LogP contribution in [0, 0.1) is 18.8 Å². The summed E-state index contributed by atoms with van der Waals surface area (Å²) in [6.07, 6.45) is 9.51. The predicted octanol–water partition coefficient (Wildman–Crippen LogP) is 6.45. The molecule has 6 rings (SSSR count). The Bertz CT molecular complexity index is 980. The van der Waals surface area contributed by atoms with Gasteiger partial charge in [0.05, 0.1) is 0 Å². The molecule has 0 amide bonds. The Morgan fingerprint density at radius 1 is 0.821 bits per heavy atom. The standard InChI is InChI=1S/C27H30N/c1-19-8-6-7-11-23(19)27-17-25(24-16-20-12-14-22(24)15-13-20)26(18-28(27)2)21-9-4-3-5-10-21/h3-11,17-18,20,22,24H,12-16H2,1-2H3/q+1. The second-order valence-electron chi connectivity index (χ2n) is 8.94. The van der Waals surface area contributed by atoms with Crippen LogP contribution in [0.5, 0.6) is 0 Å². The fourth-order valence-electron chi connectivity index (χ4n) is 5.72.